The van der Waals surface area contributed by atoms with E-state index >= 15 is 0 Å². The number of carbonyl (C=O) groups is 1. The molecule has 0 radical (unpaired) electrons. The van der Waals surface area contributed by atoms with Crippen LogP contribution in [-0.2, 0) is 15.9 Å². The van der Waals surface area contributed by atoms with Gasteiger partial charge in [0.15, 0.2) is 12.3 Å². The van der Waals surface area contributed by atoms with Gasteiger partial charge in [-0.2, -0.15) is 0 Å². The molecule has 1 saturated heterocycles. The monoisotopic (exact) mass is 235 g/mol. The van der Waals surface area contributed by atoms with Crippen molar-refractivity contribution >= 4 is 6.09 Å². The summed E-state index contributed by atoms with van der Waals surface area (Å²) in [6.07, 6.45) is -0.145. The summed E-state index contributed by atoms with van der Waals surface area (Å²) in [5.74, 6) is 0. The van der Waals surface area contributed by atoms with E-state index in [2.05, 4.69) is 0 Å². The van der Waals surface area contributed by atoms with Gasteiger partial charge in [-0.1, -0.05) is 30.3 Å². The molecule has 1 amide bonds. The summed E-state index contributed by atoms with van der Waals surface area (Å²) >= 11 is 0. The van der Waals surface area contributed by atoms with Crippen LogP contribution in [0.15, 0.2) is 30.3 Å². The highest BCUT2D eigenvalue weighted by molar-refractivity contribution is 5.70. The van der Waals surface area contributed by atoms with Crippen LogP contribution in [0.2, 0.25) is 0 Å². The molecule has 0 spiro atoms. The van der Waals surface area contributed by atoms with E-state index < -0.39 is 0 Å². The molecule has 1 aliphatic rings. The third kappa shape index (κ3) is 2.58. The Balaban J connectivity index is 2.07. The van der Waals surface area contributed by atoms with Gasteiger partial charge in [0.1, 0.15) is 0 Å². The number of hydrogen-bond donors (Lipinski definition) is 0. The highest BCUT2D eigenvalue weighted by Gasteiger charge is 2.39. The Morgan fingerprint density at radius 1 is 1.35 bits per heavy atom. The van der Waals surface area contributed by atoms with Crippen molar-refractivity contribution in [2.45, 2.75) is 25.7 Å². The van der Waals surface area contributed by atoms with Crippen molar-refractivity contribution in [2.75, 3.05) is 13.7 Å². The van der Waals surface area contributed by atoms with Crippen molar-refractivity contribution in [1.82, 2.24) is 4.90 Å². The second-order valence-electron chi connectivity index (χ2n) is 4.07. The molecule has 1 heterocycles. The molecule has 1 aromatic carbocycles. The molecule has 0 unspecified atom stereocenters. The van der Waals surface area contributed by atoms with Crippen LogP contribution in [0.3, 0.4) is 0 Å². The van der Waals surface area contributed by atoms with Crippen LogP contribution < -0.4 is 0 Å². The molecule has 1 aliphatic heterocycles. The number of cyclic esters (lactones) is 1. The molecular weight excluding hydrogens is 218 g/mol. The SMILES string of the molecule is CCO[C@H]1[C@H](Cc2ccccc2)OC(=O)N1C. The number of ether oxygens (including phenoxy) is 2. The normalized spacial score (nSPS) is 23.9. The fourth-order valence-electron chi connectivity index (χ4n) is 2.00. The molecule has 1 aromatic rings. The highest BCUT2D eigenvalue weighted by Crippen LogP contribution is 2.22. The lowest BCUT2D eigenvalue weighted by atomic mass is 10.1. The quantitative estimate of drug-likeness (QED) is 0.801. The van der Waals surface area contributed by atoms with Gasteiger partial charge in [-0.25, -0.2) is 4.79 Å². The predicted octanol–water partition coefficient (Wildman–Crippen LogP) is 2.04. The largest absolute Gasteiger partial charge is 0.441 e. The Morgan fingerprint density at radius 3 is 2.71 bits per heavy atom. The Kier molecular flexibility index (Phi) is 3.64. The van der Waals surface area contributed by atoms with Crippen molar-refractivity contribution in [3.63, 3.8) is 0 Å². The van der Waals surface area contributed by atoms with Gasteiger partial charge >= 0.3 is 6.09 Å². The van der Waals surface area contributed by atoms with Crippen LogP contribution in [0.5, 0.6) is 0 Å². The predicted molar refractivity (Wildman–Crippen MR) is 63.6 cm³/mol. The third-order valence-corrected chi connectivity index (χ3v) is 2.86. The van der Waals surface area contributed by atoms with E-state index in [0.717, 1.165) is 5.56 Å². The molecule has 0 N–H and O–H groups in total. The zero-order valence-corrected chi connectivity index (χ0v) is 10.1. The maximum Gasteiger partial charge on any atom is 0.412 e. The van der Waals surface area contributed by atoms with Gasteiger partial charge < -0.3 is 9.47 Å². The van der Waals surface area contributed by atoms with Crippen molar-refractivity contribution in [1.29, 1.82) is 0 Å². The van der Waals surface area contributed by atoms with E-state index in [1.807, 2.05) is 37.3 Å². The standard InChI is InChI=1S/C13H17NO3/c1-3-16-12-11(17-13(15)14(12)2)9-10-7-5-4-6-8-10/h4-8,11-12H,3,9H2,1-2H3/t11-,12-/m0/s1. The summed E-state index contributed by atoms with van der Waals surface area (Å²) in [6.45, 7) is 2.48. The molecule has 1 fully saturated rings. The zero-order valence-electron chi connectivity index (χ0n) is 10.1. The Morgan fingerprint density at radius 2 is 2.06 bits per heavy atom. The van der Waals surface area contributed by atoms with Crippen molar-refractivity contribution in [2.24, 2.45) is 0 Å². The first-order chi connectivity index (χ1) is 8.22. The summed E-state index contributed by atoms with van der Waals surface area (Å²) < 4.78 is 10.9. The van der Waals surface area contributed by atoms with E-state index in [-0.39, 0.29) is 18.4 Å². The van der Waals surface area contributed by atoms with E-state index in [9.17, 15) is 4.79 Å². The number of nitrogens with zero attached hydrogens (tertiary/aromatic N) is 1. The second kappa shape index (κ2) is 5.19. The van der Waals surface area contributed by atoms with Crippen LogP contribution in [0, 0.1) is 0 Å². The topological polar surface area (TPSA) is 38.8 Å². The van der Waals surface area contributed by atoms with Crippen molar-refractivity contribution in [3.8, 4) is 0 Å². The number of benzene rings is 1. The smallest absolute Gasteiger partial charge is 0.412 e. The molecule has 2 rings (SSSR count). The van der Waals surface area contributed by atoms with E-state index in [1.54, 1.807) is 7.05 Å². The fourth-order valence-corrected chi connectivity index (χ4v) is 2.00. The Labute approximate surface area is 101 Å². The van der Waals surface area contributed by atoms with Crippen LogP contribution in [0.4, 0.5) is 4.79 Å². The van der Waals surface area contributed by atoms with Crippen molar-refractivity contribution < 1.29 is 14.3 Å². The number of carbonyl (C=O) groups excluding carboxylic acids is 1. The Hall–Kier alpha value is -1.55. The first kappa shape index (κ1) is 11.9. The maximum absolute atomic E-state index is 11.5. The van der Waals surface area contributed by atoms with Crippen LogP contribution in [0.25, 0.3) is 0 Å². The minimum Gasteiger partial charge on any atom is -0.441 e. The van der Waals surface area contributed by atoms with Crippen molar-refractivity contribution in [3.05, 3.63) is 35.9 Å². The average Bonchev–Trinajstić information content (AvgIpc) is 2.59. The lowest BCUT2D eigenvalue weighted by Crippen LogP contribution is -2.37. The zero-order chi connectivity index (χ0) is 12.3. The molecule has 2 atom stereocenters. The summed E-state index contributed by atoms with van der Waals surface area (Å²) in [6, 6.07) is 9.97. The van der Waals surface area contributed by atoms with Gasteiger partial charge in [0.25, 0.3) is 0 Å². The molecule has 4 nitrogen and oxygen atoms in total. The van der Waals surface area contributed by atoms with E-state index in [0.29, 0.717) is 13.0 Å². The average molecular weight is 235 g/mol. The first-order valence-electron chi connectivity index (χ1n) is 5.81. The molecule has 4 heteroatoms. The fraction of sp³-hybridized carbons (Fsp3) is 0.462. The lowest BCUT2D eigenvalue weighted by molar-refractivity contribution is -0.0388. The van der Waals surface area contributed by atoms with Crippen LogP contribution >= 0.6 is 0 Å². The van der Waals surface area contributed by atoms with Gasteiger partial charge in [-0.15, -0.1) is 0 Å². The molecular formula is C13H17NO3. The molecule has 0 bridgehead atoms. The third-order valence-electron chi connectivity index (χ3n) is 2.86. The van der Waals surface area contributed by atoms with Crippen LogP contribution in [0.1, 0.15) is 12.5 Å². The summed E-state index contributed by atoms with van der Waals surface area (Å²) in [5, 5.41) is 0. The molecule has 0 saturated carbocycles. The van der Waals surface area contributed by atoms with E-state index in [4.69, 9.17) is 9.47 Å². The highest BCUT2D eigenvalue weighted by atomic mass is 16.6. The maximum atomic E-state index is 11.5. The van der Waals surface area contributed by atoms with Crippen LogP contribution in [-0.4, -0.2) is 37.0 Å². The van der Waals surface area contributed by atoms with Gasteiger partial charge in [-0.3, -0.25) is 4.90 Å². The number of rotatable bonds is 4. The molecule has 0 aliphatic carbocycles. The summed E-state index contributed by atoms with van der Waals surface area (Å²) in [7, 11) is 1.70. The first-order valence-corrected chi connectivity index (χ1v) is 5.81. The molecule has 0 aromatic heterocycles. The number of hydrogen-bond acceptors (Lipinski definition) is 3. The summed E-state index contributed by atoms with van der Waals surface area (Å²) in [5.41, 5.74) is 1.14. The van der Waals surface area contributed by atoms with Gasteiger partial charge in [0, 0.05) is 20.1 Å². The van der Waals surface area contributed by atoms with Gasteiger partial charge in [0.2, 0.25) is 0 Å². The lowest BCUT2D eigenvalue weighted by Gasteiger charge is -2.20. The van der Waals surface area contributed by atoms with Gasteiger partial charge in [0.05, 0.1) is 0 Å². The summed E-state index contributed by atoms with van der Waals surface area (Å²) in [4.78, 5) is 13.0. The van der Waals surface area contributed by atoms with Gasteiger partial charge in [-0.05, 0) is 12.5 Å². The number of amides is 1. The van der Waals surface area contributed by atoms with E-state index in [1.165, 1.54) is 4.90 Å². The second-order valence-corrected chi connectivity index (χ2v) is 4.07. The minimum absolute atomic E-state index is 0.227. The minimum atomic E-state index is -0.315. The number of likely N-dealkylation sites (N-methyl/N-ethyl adjacent to an activating group) is 1. The molecule has 17 heavy (non-hydrogen) atoms. The Bertz CT molecular complexity index is 380. The molecule has 92 valence electrons.